The van der Waals surface area contributed by atoms with Gasteiger partial charge in [-0.15, -0.1) is 0 Å². The number of aromatic nitrogens is 2. The summed E-state index contributed by atoms with van der Waals surface area (Å²) in [5, 5.41) is 13.5. The Morgan fingerprint density at radius 2 is 2.05 bits per heavy atom. The molecule has 0 aliphatic carbocycles. The zero-order valence-corrected chi connectivity index (χ0v) is 13.4. The molecular weight excluding hydrogens is 268 g/mol. The van der Waals surface area contributed by atoms with Crippen molar-refractivity contribution in [2.24, 2.45) is 0 Å². The van der Waals surface area contributed by atoms with E-state index in [1.54, 1.807) is 0 Å². The van der Waals surface area contributed by atoms with Crippen molar-refractivity contribution in [1.29, 1.82) is 0 Å². The highest BCUT2D eigenvalue weighted by Gasteiger charge is 2.23. The third kappa shape index (κ3) is 4.54. The standard InChI is InChI=1S/C15H26N4O2/c1-10-13(12(19-18-10)9-21-15(2,3)4)14(20)17-11-5-7-16-8-6-11/h11,16H,5-9H2,1-4H3,(H,17,20)(H,18,19). The van der Waals surface area contributed by atoms with Gasteiger partial charge in [0.05, 0.1) is 17.8 Å². The second kappa shape index (κ2) is 6.58. The van der Waals surface area contributed by atoms with Gasteiger partial charge in [-0.2, -0.15) is 5.10 Å². The van der Waals surface area contributed by atoms with Crippen LogP contribution >= 0.6 is 0 Å². The van der Waals surface area contributed by atoms with E-state index in [1.165, 1.54) is 0 Å². The fourth-order valence-electron chi connectivity index (χ4n) is 2.39. The quantitative estimate of drug-likeness (QED) is 0.786. The van der Waals surface area contributed by atoms with Gasteiger partial charge in [-0.25, -0.2) is 0 Å². The molecule has 0 spiro atoms. The van der Waals surface area contributed by atoms with E-state index < -0.39 is 0 Å². The van der Waals surface area contributed by atoms with E-state index >= 15 is 0 Å². The molecule has 0 unspecified atom stereocenters. The first-order valence-corrected chi connectivity index (χ1v) is 7.56. The molecule has 6 heteroatoms. The van der Waals surface area contributed by atoms with Gasteiger partial charge in [-0.1, -0.05) is 0 Å². The van der Waals surface area contributed by atoms with Gasteiger partial charge in [0.15, 0.2) is 0 Å². The average Bonchev–Trinajstić information content (AvgIpc) is 2.78. The van der Waals surface area contributed by atoms with Crippen LogP contribution in [0.1, 0.15) is 55.4 Å². The van der Waals surface area contributed by atoms with E-state index in [-0.39, 0.29) is 17.6 Å². The van der Waals surface area contributed by atoms with Crippen LogP contribution < -0.4 is 10.6 Å². The lowest BCUT2D eigenvalue weighted by atomic mass is 10.1. The number of nitrogens with one attached hydrogen (secondary N) is 3. The fraction of sp³-hybridized carbons (Fsp3) is 0.733. The second-order valence-electron chi connectivity index (χ2n) is 6.57. The average molecular weight is 294 g/mol. The largest absolute Gasteiger partial charge is 0.369 e. The van der Waals surface area contributed by atoms with Crippen LogP contribution in [0.5, 0.6) is 0 Å². The van der Waals surface area contributed by atoms with Gasteiger partial charge in [0.2, 0.25) is 0 Å². The predicted octanol–water partition coefficient (Wildman–Crippen LogP) is 1.52. The van der Waals surface area contributed by atoms with Crippen LogP contribution in [0.25, 0.3) is 0 Å². The van der Waals surface area contributed by atoms with Crippen molar-refractivity contribution in [3.8, 4) is 0 Å². The van der Waals surface area contributed by atoms with E-state index in [9.17, 15) is 4.79 Å². The summed E-state index contributed by atoms with van der Waals surface area (Å²) in [6.45, 7) is 10.1. The SMILES string of the molecule is Cc1[nH]nc(COC(C)(C)C)c1C(=O)NC1CCNCC1. The first kappa shape index (κ1) is 16.0. The Morgan fingerprint density at radius 1 is 1.38 bits per heavy atom. The van der Waals surface area contributed by atoms with Gasteiger partial charge in [0, 0.05) is 11.7 Å². The van der Waals surface area contributed by atoms with Gasteiger partial charge in [-0.05, 0) is 53.6 Å². The molecule has 1 aromatic heterocycles. The minimum atomic E-state index is -0.254. The van der Waals surface area contributed by atoms with Crippen molar-refractivity contribution in [2.45, 2.75) is 58.8 Å². The smallest absolute Gasteiger partial charge is 0.255 e. The number of piperidine rings is 1. The van der Waals surface area contributed by atoms with Crippen LogP contribution in [0.4, 0.5) is 0 Å². The Morgan fingerprint density at radius 3 is 2.67 bits per heavy atom. The van der Waals surface area contributed by atoms with Gasteiger partial charge < -0.3 is 15.4 Å². The van der Waals surface area contributed by atoms with Crippen molar-refractivity contribution in [3.63, 3.8) is 0 Å². The number of rotatable bonds is 4. The number of ether oxygens (including phenoxy) is 1. The first-order chi connectivity index (χ1) is 9.87. The molecule has 3 N–H and O–H groups in total. The normalized spacial score (nSPS) is 17.0. The molecule has 1 amide bonds. The molecule has 1 saturated heterocycles. The van der Waals surface area contributed by atoms with Crippen LogP contribution in [0.2, 0.25) is 0 Å². The lowest BCUT2D eigenvalue weighted by Crippen LogP contribution is -2.43. The zero-order chi connectivity index (χ0) is 15.5. The summed E-state index contributed by atoms with van der Waals surface area (Å²) >= 11 is 0. The number of nitrogens with zero attached hydrogens (tertiary/aromatic N) is 1. The van der Waals surface area contributed by atoms with Gasteiger partial charge in [-0.3, -0.25) is 9.89 Å². The summed E-state index contributed by atoms with van der Waals surface area (Å²) in [5.74, 6) is -0.0549. The Balaban J connectivity index is 2.03. The monoisotopic (exact) mass is 294 g/mol. The van der Waals surface area contributed by atoms with Gasteiger partial charge in [0.1, 0.15) is 5.69 Å². The lowest BCUT2D eigenvalue weighted by molar-refractivity contribution is -0.0167. The molecule has 0 atom stereocenters. The molecule has 0 aromatic carbocycles. The molecule has 2 rings (SSSR count). The molecule has 21 heavy (non-hydrogen) atoms. The lowest BCUT2D eigenvalue weighted by Gasteiger charge is -2.24. The predicted molar refractivity (Wildman–Crippen MR) is 81.2 cm³/mol. The number of H-pyrrole nitrogens is 1. The molecule has 0 saturated carbocycles. The Labute approximate surface area is 126 Å². The minimum absolute atomic E-state index is 0.0549. The second-order valence-corrected chi connectivity index (χ2v) is 6.57. The van der Waals surface area contributed by atoms with Crippen LogP contribution in [-0.2, 0) is 11.3 Å². The minimum Gasteiger partial charge on any atom is -0.369 e. The summed E-state index contributed by atoms with van der Waals surface area (Å²) in [6, 6.07) is 0.240. The molecule has 1 aliphatic rings. The molecule has 0 bridgehead atoms. The Bertz CT molecular complexity index is 484. The van der Waals surface area contributed by atoms with Crippen molar-refractivity contribution in [3.05, 3.63) is 17.0 Å². The maximum Gasteiger partial charge on any atom is 0.255 e. The molecule has 2 heterocycles. The Hall–Kier alpha value is -1.40. The number of amides is 1. The Kier molecular flexibility index (Phi) is 5.00. The molecule has 1 fully saturated rings. The number of aryl methyl sites for hydroxylation is 1. The molecule has 118 valence electrons. The van der Waals surface area contributed by atoms with Gasteiger partial charge in [0.25, 0.3) is 5.91 Å². The van der Waals surface area contributed by atoms with E-state index in [4.69, 9.17) is 4.74 Å². The molecule has 0 radical (unpaired) electrons. The maximum absolute atomic E-state index is 12.5. The molecular formula is C15H26N4O2. The number of carbonyl (C=O) groups excluding carboxylic acids is 1. The van der Waals surface area contributed by atoms with Crippen molar-refractivity contribution in [2.75, 3.05) is 13.1 Å². The summed E-state index contributed by atoms with van der Waals surface area (Å²) in [7, 11) is 0. The van der Waals surface area contributed by atoms with Crippen LogP contribution in [0, 0.1) is 6.92 Å². The molecule has 6 nitrogen and oxygen atoms in total. The third-order valence-corrected chi connectivity index (χ3v) is 3.57. The van der Waals surface area contributed by atoms with Gasteiger partial charge >= 0.3 is 0 Å². The van der Waals surface area contributed by atoms with E-state index in [1.807, 2.05) is 27.7 Å². The topological polar surface area (TPSA) is 79.0 Å². The number of aromatic amines is 1. The van der Waals surface area contributed by atoms with Crippen LogP contribution in [0.3, 0.4) is 0 Å². The summed E-state index contributed by atoms with van der Waals surface area (Å²) < 4.78 is 5.74. The van der Waals surface area contributed by atoms with Crippen molar-refractivity contribution >= 4 is 5.91 Å². The number of hydrogen-bond donors (Lipinski definition) is 3. The van der Waals surface area contributed by atoms with Crippen molar-refractivity contribution < 1.29 is 9.53 Å². The molecule has 1 aliphatic heterocycles. The number of hydrogen-bond acceptors (Lipinski definition) is 4. The summed E-state index contributed by atoms with van der Waals surface area (Å²) in [6.07, 6.45) is 1.94. The highest BCUT2D eigenvalue weighted by Crippen LogP contribution is 2.16. The number of carbonyl (C=O) groups is 1. The van der Waals surface area contributed by atoms with E-state index in [2.05, 4.69) is 20.8 Å². The summed E-state index contributed by atoms with van der Waals surface area (Å²) in [5.41, 5.74) is 1.83. The fourth-order valence-corrected chi connectivity index (χ4v) is 2.39. The highest BCUT2D eigenvalue weighted by atomic mass is 16.5. The van der Waals surface area contributed by atoms with E-state index in [0.29, 0.717) is 17.9 Å². The highest BCUT2D eigenvalue weighted by molar-refractivity contribution is 5.96. The first-order valence-electron chi connectivity index (χ1n) is 7.56. The van der Waals surface area contributed by atoms with E-state index in [0.717, 1.165) is 31.6 Å². The van der Waals surface area contributed by atoms with Crippen molar-refractivity contribution in [1.82, 2.24) is 20.8 Å². The summed E-state index contributed by atoms with van der Waals surface area (Å²) in [4.78, 5) is 12.5. The van der Waals surface area contributed by atoms with Crippen LogP contribution in [-0.4, -0.2) is 40.8 Å². The van der Waals surface area contributed by atoms with Crippen LogP contribution in [0.15, 0.2) is 0 Å². The zero-order valence-electron chi connectivity index (χ0n) is 13.4. The molecule has 1 aromatic rings. The maximum atomic E-state index is 12.5. The third-order valence-electron chi connectivity index (χ3n) is 3.57.